The van der Waals surface area contributed by atoms with E-state index in [4.69, 9.17) is 4.74 Å². The number of para-hydroxylation sites is 1. The molecule has 0 fully saturated rings. The molecule has 1 rings (SSSR count). The molecule has 1 aromatic carbocycles. The first kappa shape index (κ1) is 13.7. The molecule has 17 heavy (non-hydrogen) atoms. The van der Waals surface area contributed by atoms with Gasteiger partial charge in [-0.1, -0.05) is 31.2 Å². The highest BCUT2D eigenvalue weighted by atomic mass is 19.1. The Balaban J connectivity index is 2.36. The summed E-state index contributed by atoms with van der Waals surface area (Å²) >= 11 is 0. The van der Waals surface area contributed by atoms with Gasteiger partial charge >= 0.3 is 0 Å². The van der Waals surface area contributed by atoms with E-state index >= 15 is 0 Å². The molecule has 0 aromatic heterocycles. The van der Waals surface area contributed by atoms with Gasteiger partial charge in [-0.25, -0.2) is 4.39 Å². The maximum absolute atomic E-state index is 13.3. The van der Waals surface area contributed by atoms with Gasteiger partial charge in [0.15, 0.2) is 11.6 Å². The normalized spacial score (nSPS) is 10.6. The number of ether oxygens (including phenoxy) is 1. The number of benzene rings is 1. The lowest BCUT2D eigenvalue weighted by Crippen LogP contribution is -2.29. The Labute approximate surface area is 103 Å². The van der Waals surface area contributed by atoms with Crippen molar-refractivity contribution in [3.8, 4) is 5.75 Å². The number of nitrogens with zero attached hydrogens (tertiary/aromatic N) is 1. The van der Waals surface area contributed by atoms with Crippen LogP contribution in [0.25, 0.3) is 0 Å². The molecule has 0 radical (unpaired) electrons. The molecular formula is C14H20FNO. The lowest BCUT2D eigenvalue weighted by Gasteiger charge is -2.20. The van der Waals surface area contributed by atoms with Gasteiger partial charge in [0.05, 0.1) is 0 Å². The molecule has 0 unspecified atom stereocenters. The van der Waals surface area contributed by atoms with Crippen LogP contribution >= 0.6 is 0 Å². The van der Waals surface area contributed by atoms with Crippen LogP contribution in [-0.4, -0.2) is 31.1 Å². The number of hydrogen-bond acceptors (Lipinski definition) is 2. The molecular weight excluding hydrogens is 217 g/mol. The molecule has 0 amide bonds. The Hall–Kier alpha value is -1.35. The van der Waals surface area contributed by atoms with E-state index in [1.54, 1.807) is 18.2 Å². The van der Waals surface area contributed by atoms with E-state index < -0.39 is 0 Å². The van der Waals surface area contributed by atoms with E-state index in [1.165, 1.54) is 6.07 Å². The van der Waals surface area contributed by atoms with Gasteiger partial charge in [-0.3, -0.25) is 4.90 Å². The smallest absolute Gasteiger partial charge is 0.165 e. The zero-order chi connectivity index (χ0) is 12.7. The molecule has 0 bridgehead atoms. The Morgan fingerprint density at radius 2 is 2.12 bits per heavy atom. The van der Waals surface area contributed by atoms with Crippen molar-refractivity contribution in [1.82, 2.24) is 4.90 Å². The Kier molecular flexibility index (Phi) is 5.70. The third kappa shape index (κ3) is 5.00. The van der Waals surface area contributed by atoms with Gasteiger partial charge in [0.1, 0.15) is 6.61 Å². The largest absolute Gasteiger partial charge is 0.489 e. The molecule has 94 valence electrons. The number of hydrogen-bond donors (Lipinski definition) is 0. The van der Waals surface area contributed by atoms with Crippen LogP contribution in [0.3, 0.4) is 0 Å². The van der Waals surface area contributed by atoms with Crippen molar-refractivity contribution < 1.29 is 9.13 Å². The SMILES string of the molecule is C=C(C)CN(CC)CCOc1ccccc1F. The quantitative estimate of drug-likeness (QED) is 0.676. The first-order valence-electron chi connectivity index (χ1n) is 5.87. The minimum Gasteiger partial charge on any atom is -0.489 e. The molecule has 3 heteroatoms. The maximum Gasteiger partial charge on any atom is 0.165 e. The average Bonchev–Trinajstić information content (AvgIpc) is 2.29. The van der Waals surface area contributed by atoms with E-state index in [0.717, 1.165) is 25.2 Å². The van der Waals surface area contributed by atoms with E-state index in [1.807, 2.05) is 6.92 Å². The summed E-state index contributed by atoms with van der Waals surface area (Å²) in [6, 6.07) is 6.47. The Morgan fingerprint density at radius 1 is 1.41 bits per heavy atom. The fraction of sp³-hybridized carbons (Fsp3) is 0.429. The van der Waals surface area contributed by atoms with Gasteiger partial charge in [-0.05, 0) is 25.6 Å². The summed E-state index contributed by atoms with van der Waals surface area (Å²) in [5, 5.41) is 0. The van der Waals surface area contributed by atoms with Gasteiger partial charge in [-0.2, -0.15) is 0 Å². The zero-order valence-electron chi connectivity index (χ0n) is 10.6. The van der Waals surface area contributed by atoms with Crippen molar-refractivity contribution in [2.75, 3.05) is 26.2 Å². The molecule has 0 aliphatic carbocycles. The lowest BCUT2D eigenvalue weighted by molar-refractivity contribution is 0.221. The van der Waals surface area contributed by atoms with Crippen molar-refractivity contribution >= 4 is 0 Å². The van der Waals surface area contributed by atoms with Crippen molar-refractivity contribution in [3.63, 3.8) is 0 Å². The van der Waals surface area contributed by atoms with Crippen LogP contribution in [0.4, 0.5) is 4.39 Å². The molecule has 0 heterocycles. The third-order valence-corrected chi connectivity index (χ3v) is 2.44. The highest BCUT2D eigenvalue weighted by Crippen LogP contribution is 2.15. The van der Waals surface area contributed by atoms with Crippen molar-refractivity contribution in [2.45, 2.75) is 13.8 Å². The second kappa shape index (κ2) is 7.07. The van der Waals surface area contributed by atoms with Crippen LogP contribution in [0.1, 0.15) is 13.8 Å². The second-order valence-corrected chi connectivity index (χ2v) is 4.10. The first-order chi connectivity index (χ1) is 8.13. The summed E-state index contributed by atoms with van der Waals surface area (Å²) in [4.78, 5) is 2.21. The minimum absolute atomic E-state index is 0.310. The first-order valence-corrected chi connectivity index (χ1v) is 5.87. The summed E-state index contributed by atoms with van der Waals surface area (Å²) < 4.78 is 18.7. The molecule has 0 saturated heterocycles. The van der Waals surface area contributed by atoms with E-state index in [0.29, 0.717) is 12.4 Å². The highest BCUT2D eigenvalue weighted by Gasteiger charge is 2.04. The Morgan fingerprint density at radius 3 is 2.71 bits per heavy atom. The van der Waals surface area contributed by atoms with Crippen LogP contribution in [-0.2, 0) is 0 Å². The molecule has 0 aliphatic heterocycles. The van der Waals surface area contributed by atoms with Crippen molar-refractivity contribution in [2.24, 2.45) is 0 Å². The molecule has 0 aliphatic rings. The Bertz CT molecular complexity index is 365. The number of likely N-dealkylation sites (N-methyl/N-ethyl adjacent to an activating group) is 1. The van der Waals surface area contributed by atoms with Gasteiger partial charge in [0.2, 0.25) is 0 Å². The van der Waals surface area contributed by atoms with E-state index in [9.17, 15) is 4.39 Å². The predicted octanol–water partition coefficient (Wildman–Crippen LogP) is 3.10. The molecule has 2 nitrogen and oxygen atoms in total. The fourth-order valence-corrected chi connectivity index (χ4v) is 1.58. The highest BCUT2D eigenvalue weighted by molar-refractivity contribution is 5.23. The fourth-order valence-electron chi connectivity index (χ4n) is 1.58. The average molecular weight is 237 g/mol. The summed E-state index contributed by atoms with van der Waals surface area (Å²) in [6.45, 7) is 11.0. The summed E-state index contributed by atoms with van der Waals surface area (Å²) in [6.07, 6.45) is 0. The van der Waals surface area contributed by atoms with Gasteiger partial charge in [0.25, 0.3) is 0 Å². The van der Waals surface area contributed by atoms with Crippen LogP contribution in [0.15, 0.2) is 36.4 Å². The zero-order valence-corrected chi connectivity index (χ0v) is 10.6. The topological polar surface area (TPSA) is 12.5 Å². The minimum atomic E-state index is -0.310. The van der Waals surface area contributed by atoms with Crippen LogP contribution in [0.2, 0.25) is 0 Å². The molecule has 0 N–H and O–H groups in total. The third-order valence-electron chi connectivity index (χ3n) is 2.44. The van der Waals surface area contributed by atoms with Crippen LogP contribution in [0.5, 0.6) is 5.75 Å². The summed E-state index contributed by atoms with van der Waals surface area (Å²) in [5.74, 6) is 0.00864. The standard InChI is InChI=1S/C14H20FNO/c1-4-16(11-12(2)3)9-10-17-14-8-6-5-7-13(14)15/h5-8H,2,4,9-11H2,1,3H3. The molecule has 1 aromatic rings. The summed E-state index contributed by atoms with van der Waals surface area (Å²) in [7, 11) is 0. The van der Waals surface area contributed by atoms with Crippen LogP contribution in [0, 0.1) is 5.82 Å². The second-order valence-electron chi connectivity index (χ2n) is 4.10. The van der Waals surface area contributed by atoms with E-state index in [2.05, 4.69) is 18.4 Å². The van der Waals surface area contributed by atoms with Crippen LogP contribution < -0.4 is 4.74 Å². The summed E-state index contributed by atoms with van der Waals surface area (Å²) in [5.41, 5.74) is 1.12. The maximum atomic E-state index is 13.3. The van der Waals surface area contributed by atoms with Gasteiger partial charge in [0, 0.05) is 13.1 Å². The predicted molar refractivity (Wildman–Crippen MR) is 68.8 cm³/mol. The lowest BCUT2D eigenvalue weighted by atomic mass is 10.3. The molecule has 0 spiro atoms. The van der Waals surface area contributed by atoms with Gasteiger partial charge < -0.3 is 4.74 Å². The van der Waals surface area contributed by atoms with Gasteiger partial charge in [-0.15, -0.1) is 0 Å². The van der Waals surface area contributed by atoms with E-state index in [-0.39, 0.29) is 5.82 Å². The van der Waals surface area contributed by atoms with Crippen molar-refractivity contribution in [3.05, 3.63) is 42.2 Å². The number of halogens is 1. The number of rotatable bonds is 7. The molecule has 0 atom stereocenters. The molecule has 0 saturated carbocycles. The van der Waals surface area contributed by atoms with Crippen molar-refractivity contribution in [1.29, 1.82) is 0 Å². The monoisotopic (exact) mass is 237 g/mol.